The van der Waals surface area contributed by atoms with Crippen LogP contribution in [0.1, 0.15) is 30.6 Å². The molecule has 2 N–H and O–H groups in total. The van der Waals surface area contributed by atoms with Crippen LogP contribution in [-0.4, -0.2) is 40.4 Å². The Morgan fingerprint density at radius 2 is 2.29 bits per heavy atom. The SMILES string of the molecule is CCNc1ncc([N+](=O)[O-])cc1C(=O)NC(C)CCSC. The molecule has 0 aromatic carbocycles. The van der Waals surface area contributed by atoms with Crippen molar-refractivity contribution < 1.29 is 9.72 Å². The van der Waals surface area contributed by atoms with Gasteiger partial charge in [-0.15, -0.1) is 0 Å². The number of carbonyl (C=O) groups excluding carboxylic acids is 1. The molecule has 21 heavy (non-hydrogen) atoms. The number of hydrogen-bond donors (Lipinski definition) is 2. The predicted molar refractivity (Wildman–Crippen MR) is 85.0 cm³/mol. The van der Waals surface area contributed by atoms with Crippen LogP contribution in [0.15, 0.2) is 12.3 Å². The molecule has 0 aliphatic heterocycles. The first kappa shape index (κ1) is 17.2. The third-order valence-electron chi connectivity index (χ3n) is 2.81. The number of rotatable bonds is 8. The summed E-state index contributed by atoms with van der Waals surface area (Å²) in [4.78, 5) is 26.5. The first-order valence-electron chi connectivity index (χ1n) is 6.67. The van der Waals surface area contributed by atoms with Crippen LogP contribution < -0.4 is 10.6 Å². The fourth-order valence-electron chi connectivity index (χ4n) is 1.70. The number of aromatic nitrogens is 1. The van der Waals surface area contributed by atoms with Crippen LogP contribution in [-0.2, 0) is 0 Å². The summed E-state index contributed by atoms with van der Waals surface area (Å²) >= 11 is 1.71. The molecule has 0 saturated heterocycles. The van der Waals surface area contributed by atoms with E-state index in [1.165, 1.54) is 6.07 Å². The van der Waals surface area contributed by atoms with Crippen molar-refractivity contribution in [2.24, 2.45) is 0 Å². The molecule has 0 aliphatic rings. The van der Waals surface area contributed by atoms with Crippen molar-refractivity contribution in [2.45, 2.75) is 26.3 Å². The molecule has 8 heteroatoms. The molecule has 116 valence electrons. The average Bonchev–Trinajstić information content (AvgIpc) is 2.45. The van der Waals surface area contributed by atoms with Gasteiger partial charge in [-0.2, -0.15) is 11.8 Å². The second-order valence-electron chi connectivity index (χ2n) is 4.53. The number of nitrogens with one attached hydrogen (secondary N) is 2. The van der Waals surface area contributed by atoms with Gasteiger partial charge in [0.05, 0.1) is 10.5 Å². The van der Waals surface area contributed by atoms with Gasteiger partial charge in [-0.25, -0.2) is 4.98 Å². The Morgan fingerprint density at radius 1 is 1.57 bits per heavy atom. The van der Waals surface area contributed by atoms with Crippen molar-refractivity contribution in [1.29, 1.82) is 0 Å². The van der Waals surface area contributed by atoms with E-state index >= 15 is 0 Å². The third kappa shape index (κ3) is 5.22. The fraction of sp³-hybridized carbons (Fsp3) is 0.538. The highest BCUT2D eigenvalue weighted by Crippen LogP contribution is 2.19. The van der Waals surface area contributed by atoms with E-state index in [1.807, 2.05) is 20.1 Å². The van der Waals surface area contributed by atoms with Gasteiger partial charge in [0.25, 0.3) is 11.6 Å². The van der Waals surface area contributed by atoms with Gasteiger partial charge >= 0.3 is 0 Å². The van der Waals surface area contributed by atoms with Gasteiger partial charge in [-0.3, -0.25) is 14.9 Å². The Bertz CT molecular complexity index is 510. The number of thioether (sulfide) groups is 1. The highest BCUT2D eigenvalue weighted by atomic mass is 32.2. The van der Waals surface area contributed by atoms with Crippen molar-refractivity contribution in [2.75, 3.05) is 23.9 Å². The number of nitrogens with zero attached hydrogens (tertiary/aromatic N) is 2. The molecular formula is C13H20N4O3S. The molecule has 1 aromatic rings. The summed E-state index contributed by atoms with van der Waals surface area (Å²) in [5.74, 6) is 0.947. The van der Waals surface area contributed by atoms with E-state index in [0.29, 0.717) is 12.4 Å². The van der Waals surface area contributed by atoms with E-state index in [4.69, 9.17) is 0 Å². The molecule has 0 fully saturated rings. The van der Waals surface area contributed by atoms with Crippen molar-refractivity contribution in [3.8, 4) is 0 Å². The summed E-state index contributed by atoms with van der Waals surface area (Å²) in [5.41, 5.74) is 0.000575. The Balaban J connectivity index is 2.93. The molecule has 0 radical (unpaired) electrons. The van der Waals surface area contributed by atoms with E-state index < -0.39 is 4.92 Å². The molecule has 1 heterocycles. The maximum atomic E-state index is 12.3. The Labute approximate surface area is 128 Å². The second kappa shape index (κ2) is 8.46. The van der Waals surface area contributed by atoms with E-state index in [-0.39, 0.29) is 23.2 Å². The van der Waals surface area contributed by atoms with Crippen molar-refractivity contribution in [3.63, 3.8) is 0 Å². The van der Waals surface area contributed by atoms with Gasteiger partial charge < -0.3 is 10.6 Å². The smallest absolute Gasteiger partial charge is 0.288 e. The number of amides is 1. The minimum atomic E-state index is -0.559. The van der Waals surface area contributed by atoms with E-state index in [2.05, 4.69) is 15.6 Å². The lowest BCUT2D eigenvalue weighted by Crippen LogP contribution is -2.33. The molecule has 1 amide bonds. The van der Waals surface area contributed by atoms with Crippen LogP contribution in [0, 0.1) is 10.1 Å². The van der Waals surface area contributed by atoms with Crippen molar-refractivity contribution in [1.82, 2.24) is 10.3 Å². The van der Waals surface area contributed by atoms with Crippen LogP contribution >= 0.6 is 11.8 Å². The third-order valence-corrected chi connectivity index (χ3v) is 3.45. The predicted octanol–water partition coefficient (Wildman–Crippen LogP) is 2.29. The number of carbonyl (C=O) groups is 1. The molecule has 0 saturated carbocycles. The summed E-state index contributed by atoms with van der Waals surface area (Å²) in [7, 11) is 0. The largest absolute Gasteiger partial charge is 0.370 e. The van der Waals surface area contributed by atoms with Gasteiger partial charge in [-0.05, 0) is 32.3 Å². The molecule has 7 nitrogen and oxygen atoms in total. The Hall–Kier alpha value is -1.83. The zero-order valence-electron chi connectivity index (χ0n) is 12.4. The molecule has 0 bridgehead atoms. The van der Waals surface area contributed by atoms with Crippen molar-refractivity contribution >= 4 is 29.2 Å². The summed E-state index contributed by atoms with van der Waals surface area (Å²) in [5, 5.41) is 16.6. The topological polar surface area (TPSA) is 97.2 Å². The summed E-state index contributed by atoms with van der Waals surface area (Å²) in [6.07, 6.45) is 3.99. The van der Waals surface area contributed by atoms with E-state index in [1.54, 1.807) is 11.8 Å². The van der Waals surface area contributed by atoms with Gasteiger partial charge in [0.2, 0.25) is 0 Å². The van der Waals surface area contributed by atoms with Crippen LogP contribution in [0.2, 0.25) is 0 Å². The lowest BCUT2D eigenvalue weighted by molar-refractivity contribution is -0.385. The Kier molecular flexibility index (Phi) is 6.93. The molecule has 1 aromatic heterocycles. The second-order valence-corrected chi connectivity index (χ2v) is 5.52. The quantitative estimate of drug-likeness (QED) is 0.564. The molecule has 0 spiro atoms. The fourth-order valence-corrected chi connectivity index (χ4v) is 2.29. The minimum Gasteiger partial charge on any atom is -0.370 e. The zero-order valence-corrected chi connectivity index (χ0v) is 13.2. The first-order valence-corrected chi connectivity index (χ1v) is 8.07. The minimum absolute atomic E-state index is 0.00121. The summed E-state index contributed by atoms with van der Waals surface area (Å²) < 4.78 is 0. The van der Waals surface area contributed by atoms with E-state index in [0.717, 1.165) is 18.4 Å². The molecule has 0 aliphatic carbocycles. The normalized spacial score (nSPS) is 11.8. The lowest BCUT2D eigenvalue weighted by Gasteiger charge is -2.15. The van der Waals surface area contributed by atoms with E-state index in [9.17, 15) is 14.9 Å². The zero-order chi connectivity index (χ0) is 15.8. The monoisotopic (exact) mass is 312 g/mol. The van der Waals surface area contributed by atoms with Crippen LogP contribution in [0.3, 0.4) is 0 Å². The molecule has 1 unspecified atom stereocenters. The molecule has 1 atom stereocenters. The van der Waals surface area contributed by atoms with Crippen LogP contribution in [0.4, 0.5) is 11.5 Å². The molecule has 1 rings (SSSR count). The van der Waals surface area contributed by atoms with Crippen LogP contribution in [0.5, 0.6) is 0 Å². The Morgan fingerprint density at radius 3 is 2.86 bits per heavy atom. The standard InChI is InChI=1S/C13H20N4O3S/c1-4-14-12-11(7-10(8-15-12)17(19)20)13(18)16-9(2)5-6-21-3/h7-9H,4-6H2,1-3H3,(H,14,15)(H,16,18). The van der Waals surface area contributed by atoms with Crippen LogP contribution in [0.25, 0.3) is 0 Å². The highest BCUT2D eigenvalue weighted by Gasteiger charge is 2.19. The van der Waals surface area contributed by atoms with Gasteiger partial charge in [0.1, 0.15) is 12.0 Å². The maximum absolute atomic E-state index is 12.3. The lowest BCUT2D eigenvalue weighted by atomic mass is 10.2. The number of hydrogen-bond acceptors (Lipinski definition) is 6. The first-order chi connectivity index (χ1) is 9.99. The summed E-state index contributed by atoms with van der Waals surface area (Å²) in [6.45, 7) is 4.35. The summed E-state index contributed by atoms with van der Waals surface area (Å²) in [6, 6.07) is 1.25. The highest BCUT2D eigenvalue weighted by molar-refractivity contribution is 7.98. The number of nitro groups is 1. The maximum Gasteiger partial charge on any atom is 0.288 e. The number of anilines is 1. The van der Waals surface area contributed by atoms with Gasteiger partial charge in [0.15, 0.2) is 0 Å². The van der Waals surface area contributed by atoms with Crippen molar-refractivity contribution in [3.05, 3.63) is 27.9 Å². The number of pyridine rings is 1. The molecular weight excluding hydrogens is 292 g/mol. The van der Waals surface area contributed by atoms with Gasteiger partial charge in [-0.1, -0.05) is 0 Å². The van der Waals surface area contributed by atoms with Gasteiger partial charge in [0, 0.05) is 18.7 Å². The average molecular weight is 312 g/mol.